The highest BCUT2D eigenvalue weighted by Gasteiger charge is 2.22. The average Bonchev–Trinajstić information content (AvgIpc) is 3.13. The average molecular weight is 699 g/mol. The molecule has 0 radical (unpaired) electrons. The summed E-state index contributed by atoms with van der Waals surface area (Å²) in [5.41, 5.74) is 10.7. The fraction of sp³-hybridized carbons (Fsp3) is 0.500. The van der Waals surface area contributed by atoms with E-state index in [4.69, 9.17) is 34.9 Å². The molecule has 0 aliphatic heterocycles. The molecule has 9 nitrogen and oxygen atoms in total. The lowest BCUT2D eigenvalue weighted by Gasteiger charge is -2.17. The van der Waals surface area contributed by atoms with Crippen LogP contribution in [0.4, 0.5) is 5.69 Å². The number of hydrogen-bond acceptors (Lipinski definition) is 9. The van der Waals surface area contributed by atoms with Crippen molar-refractivity contribution in [3.63, 3.8) is 0 Å². The van der Waals surface area contributed by atoms with Crippen molar-refractivity contribution in [3.8, 4) is 62.9 Å². The Labute approximate surface area is 304 Å². The van der Waals surface area contributed by atoms with Crippen LogP contribution in [0.2, 0.25) is 0 Å². The second kappa shape index (κ2) is 19.8. The van der Waals surface area contributed by atoms with Gasteiger partial charge in [-0.25, -0.2) is 15.0 Å². The zero-order chi connectivity index (χ0) is 36.8. The number of nitrogen functional groups attached to an aromatic ring is 1. The van der Waals surface area contributed by atoms with E-state index >= 15 is 0 Å². The Kier molecular flexibility index (Phi) is 15.2. The third-order valence-electron chi connectivity index (χ3n) is 9.35. The fourth-order valence-corrected chi connectivity index (χ4v) is 5.97. The Morgan fingerprint density at radius 3 is 1.18 bits per heavy atom. The van der Waals surface area contributed by atoms with Gasteiger partial charge in [0.15, 0.2) is 17.5 Å². The van der Waals surface area contributed by atoms with Crippen LogP contribution in [0.1, 0.15) is 115 Å². The minimum absolute atomic E-state index is 0.0207. The van der Waals surface area contributed by atoms with Crippen LogP contribution in [0.25, 0.3) is 34.2 Å². The molecule has 4 aromatic rings. The first kappa shape index (κ1) is 39.3. The molecule has 4 N–H and O–H groups in total. The van der Waals surface area contributed by atoms with Crippen molar-refractivity contribution in [2.24, 2.45) is 0 Å². The smallest absolute Gasteiger partial charge is 0.167 e. The van der Waals surface area contributed by atoms with E-state index in [-0.39, 0.29) is 23.1 Å². The lowest BCUT2D eigenvalue weighted by Crippen LogP contribution is -2.06. The van der Waals surface area contributed by atoms with Crippen molar-refractivity contribution >= 4 is 5.69 Å². The van der Waals surface area contributed by atoms with Gasteiger partial charge in [0.05, 0.1) is 30.9 Å². The van der Waals surface area contributed by atoms with Gasteiger partial charge in [-0.1, -0.05) is 78.6 Å². The highest BCUT2D eigenvalue weighted by atomic mass is 16.5. The van der Waals surface area contributed by atoms with Crippen LogP contribution in [-0.2, 0) is 0 Å². The van der Waals surface area contributed by atoms with E-state index in [2.05, 4.69) is 20.8 Å². The Morgan fingerprint density at radius 1 is 0.471 bits per heavy atom. The van der Waals surface area contributed by atoms with Gasteiger partial charge in [0.1, 0.15) is 28.7 Å². The predicted octanol–water partition coefficient (Wildman–Crippen LogP) is 10.7. The number of anilines is 1. The molecule has 9 heteroatoms. The first-order valence-corrected chi connectivity index (χ1v) is 18.9. The van der Waals surface area contributed by atoms with E-state index in [1.54, 1.807) is 12.1 Å². The molecule has 0 saturated heterocycles. The molecular formula is C42H58N4O5. The SMILES string of the molecule is CCCCCCOc1ccc(-c2nc(-c3ccc(OCCCCCC)c(C)c3O)nc(-c3ccc(OCCCCCC)c(C)c3O)n2)c(N)c1C. The number of phenolic OH excluding ortho intramolecular Hbond substituents is 2. The van der Waals surface area contributed by atoms with Crippen LogP contribution in [0.15, 0.2) is 36.4 Å². The Morgan fingerprint density at radius 2 is 0.804 bits per heavy atom. The second-order valence-electron chi connectivity index (χ2n) is 13.4. The molecule has 0 aliphatic carbocycles. The van der Waals surface area contributed by atoms with Crippen LogP contribution >= 0.6 is 0 Å². The second-order valence-corrected chi connectivity index (χ2v) is 13.4. The number of benzene rings is 3. The van der Waals surface area contributed by atoms with E-state index in [9.17, 15) is 10.2 Å². The maximum Gasteiger partial charge on any atom is 0.167 e. The molecule has 0 unspecified atom stereocenters. The summed E-state index contributed by atoms with van der Waals surface area (Å²) >= 11 is 0. The van der Waals surface area contributed by atoms with Gasteiger partial charge in [0, 0.05) is 27.9 Å². The zero-order valence-electron chi connectivity index (χ0n) is 31.6. The van der Waals surface area contributed by atoms with Gasteiger partial charge < -0.3 is 30.2 Å². The van der Waals surface area contributed by atoms with Gasteiger partial charge in [-0.05, 0) is 76.4 Å². The lowest BCUT2D eigenvalue weighted by atomic mass is 10.0. The molecule has 0 saturated carbocycles. The predicted molar refractivity (Wildman–Crippen MR) is 207 cm³/mol. The van der Waals surface area contributed by atoms with Gasteiger partial charge in [-0.2, -0.15) is 0 Å². The molecule has 0 bridgehead atoms. The molecule has 3 aromatic carbocycles. The monoisotopic (exact) mass is 698 g/mol. The molecule has 1 heterocycles. The van der Waals surface area contributed by atoms with Crippen molar-refractivity contribution in [2.75, 3.05) is 25.6 Å². The maximum absolute atomic E-state index is 11.5. The summed E-state index contributed by atoms with van der Waals surface area (Å²) in [5.74, 6) is 2.79. The number of ether oxygens (including phenoxy) is 3. The first-order chi connectivity index (χ1) is 24.7. The molecule has 0 fully saturated rings. The first-order valence-electron chi connectivity index (χ1n) is 18.9. The number of nitrogens with two attached hydrogens (primary N) is 1. The van der Waals surface area contributed by atoms with Crippen LogP contribution in [0.3, 0.4) is 0 Å². The van der Waals surface area contributed by atoms with Crippen molar-refractivity contribution in [2.45, 2.75) is 119 Å². The molecule has 4 rings (SSSR count). The van der Waals surface area contributed by atoms with Gasteiger partial charge in [0.2, 0.25) is 0 Å². The summed E-state index contributed by atoms with van der Waals surface area (Å²) in [6.45, 7) is 13.9. The lowest BCUT2D eigenvalue weighted by molar-refractivity contribution is 0.301. The highest BCUT2D eigenvalue weighted by Crippen LogP contribution is 2.41. The number of aromatic nitrogens is 3. The summed E-state index contributed by atoms with van der Waals surface area (Å²) < 4.78 is 18.2. The van der Waals surface area contributed by atoms with Gasteiger partial charge in [-0.3, -0.25) is 0 Å². The molecule has 1 aromatic heterocycles. The molecular weight excluding hydrogens is 640 g/mol. The third kappa shape index (κ3) is 10.3. The summed E-state index contributed by atoms with van der Waals surface area (Å²) in [6.07, 6.45) is 13.2. The minimum atomic E-state index is 0.0207. The Bertz CT molecular complexity index is 1510. The van der Waals surface area contributed by atoms with Crippen molar-refractivity contribution in [3.05, 3.63) is 53.1 Å². The summed E-state index contributed by atoms with van der Waals surface area (Å²) in [6, 6.07) is 11.0. The van der Waals surface area contributed by atoms with Crippen LogP contribution < -0.4 is 19.9 Å². The number of rotatable bonds is 21. The normalized spacial score (nSPS) is 11.2. The standard InChI is InChI=1S/C42H58N4O5/c1-7-10-13-16-25-49-34-22-19-31(37(43)28(34)4)40-44-41(32-20-23-35(29(5)38(32)47)50-26-17-14-11-8-2)46-42(45-40)33-21-24-36(30(6)39(33)48)51-27-18-15-12-9-3/h19-24,47-48H,7-18,25-27,43H2,1-6H3. The third-order valence-corrected chi connectivity index (χ3v) is 9.35. The minimum Gasteiger partial charge on any atom is -0.507 e. The van der Waals surface area contributed by atoms with Crippen LogP contribution in [0.5, 0.6) is 28.7 Å². The number of aromatic hydroxyl groups is 2. The highest BCUT2D eigenvalue weighted by molar-refractivity contribution is 5.80. The molecule has 0 aliphatic rings. The molecule has 0 atom stereocenters. The fourth-order valence-electron chi connectivity index (χ4n) is 5.97. The maximum atomic E-state index is 11.5. The Balaban J connectivity index is 1.74. The molecule has 276 valence electrons. The van der Waals surface area contributed by atoms with Gasteiger partial charge in [-0.15, -0.1) is 0 Å². The summed E-state index contributed by atoms with van der Waals surface area (Å²) in [4.78, 5) is 14.5. The van der Waals surface area contributed by atoms with E-state index in [1.165, 1.54) is 25.7 Å². The van der Waals surface area contributed by atoms with Gasteiger partial charge >= 0.3 is 0 Å². The van der Waals surface area contributed by atoms with E-state index in [0.717, 1.165) is 62.7 Å². The molecule has 0 spiro atoms. The number of unbranched alkanes of at least 4 members (excludes halogenated alkanes) is 9. The number of hydrogen-bond donors (Lipinski definition) is 3. The Hall–Kier alpha value is -4.53. The topological polar surface area (TPSA) is 133 Å². The summed E-state index contributed by atoms with van der Waals surface area (Å²) in [5, 5.41) is 22.9. The molecule has 0 amide bonds. The van der Waals surface area contributed by atoms with Crippen LogP contribution in [0, 0.1) is 20.8 Å². The van der Waals surface area contributed by atoms with E-state index in [0.29, 0.717) is 70.6 Å². The number of nitrogens with zero attached hydrogens (tertiary/aromatic N) is 3. The zero-order valence-corrected chi connectivity index (χ0v) is 31.6. The van der Waals surface area contributed by atoms with E-state index in [1.807, 2.05) is 45.0 Å². The largest absolute Gasteiger partial charge is 0.507 e. The number of phenols is 2. The quantitative estimate of drug-likeness (QED) is 0.0574. The van der Waals surface area contributed by atoms with E-state index < -0.39 is 0 Å². The summed E-state index contributed by atoms with van der Waals surface area (Å²) in [7, 11) is 0. The van der Waals surface area contributed by atoms with Crippen LogP contribution in [-0.4, -0.2) is 45.0 Å². The van der Waals surface area contributed by atoms with Gasteiger partial charge in [0.25, 0.3) is 0 Å². The van der Waals surface area contributed by atoms with Crippen molar-refractivity contribution < 1.29 is 24.4 Å². The van der Waals surface area contributed by atoms with Crippen molar-refractivity contribution in [1.29, 1.82) is 0 Å². The van der Waals surface area contributed by atoms with Crippen molar-refractivity contribution in [1.82, 2.24) is 15.0 Å². The molecule has 51 heavy (non-hydrogen) atoms.